The van der Waals surface area contributed by atoms with Crippen LogP contribution in [0.25, 0.3) is 0 Å². The zero-order chi connectivity index (χ0) is 15.6. The predicted molar refractivity (Wildman–Crippen MR) is 69.7 cm³/mol. The molecule has 0 radical (unpaired) electrons. The van der Waals surface area contributed by atoms with Crippen LogP contribution in [0.1, 0.15) is 0 Å². The fraction of sp³-hybridized carbons (Fsp3) is 1.00. The lowest BCUT2D eigenvalue weighted by Gasteiger charge is -2.39. The molecule has 2 saturated heterocycles. The summed E-state index contributed by atoms with van der Waals surface area (Å²) in [4.78, 5) is 0. The van der Waals surface area contributed by atoms with E-state index in [0.29, 0.717) is 0 Å². The van der Waals surface area contributed by atoms with E-state index in [1.165, 1.54) is 0 Å². The third kappa shape index (κ3) is 3.73. The Balaban J connectivity index is 2.07. The molecule has 2 aliphatic rings. The van der Waals surface area contributed by atoms with Crippen molar-refractivity contribution in [1.29, 1.82) is 0 Å². The van der Waals surface area contributed by atoms with Gasteiger partial charge in [-0.1, -0.05) is 11.6 Å². The zero-order valence-electron chi connectivity index (χ0n) is 10.6. The summed E-state index contributed by atoms with van der Waals surface area (Å²) < 4.78 is 25.9. The van der Waals surface area contributed by atoms with Crippen molar-refractivity contribution in [1.82, 2.24) is 0 Å². The molecule has 0 aliphatic carbocycles. The van der Waals surface area contributed by atoms with Gasteiger partial charge in [0.15, 0.2) is 11.9 Å². The highest BCUT2D eigenvalue weighted by molar-refractivity contribution is 6.20. The van der Waals surface area contributed by atoms with Crippen molar-refractivity contribution in [3.63, 3.8) is 0 Å². The molecule has 2 fully saturated rings. The number of halogens is 3. The number of alkyl halides is 3. The van der Waals surface area contributed by atoms with E-state index < -0.39 is 49.2 Å². The molecule has 11 heteroatoms. The van der Waals surface area contributed by atoms with E-state index in [4.69, 9.17) is 63.6 Å². The minimum absolute atomic E-state index is 0.0628. The van der Waals surface area contributed by atoms with Gasteiger partial charge >= 0.3 is 0 Å². The average Bonchev–Trinajstić information content (AvgIpc) is 2.79. The van der Waals surface area contributed by atoms with Gasteiger partial charge in [0.25, 0.3) is 0 Å². The second-order valence-electron chi connectivity index (χ2n) is 4.36. The number of hydrogen-bond acceptors (Lipinski definition) is 8. The Morgan fingerprint density at radius 2 is 1.86 bits per heavy atom. The van der Waals surface area contributed by atoms with Crippen LogP contribution in [0.5, 0.6) is 0 Å². The fourth-order valence-corrected chi connectivity index (χ4v) is 2.47. The maximum absolute atomic E-state index is 9.86. The minimum atomic E-state index is -1.80. The summed E-state index contributed by atoms with van der Waals surface area (Å²) in [5.41, 5.74) is -1.06. The largest absolute Gasteiger partial charge is 0.394 e. The summed E-state index contributed by atoms with van der Waals surface area (Å²) in [5.74, 6) is -2.19. The molecule has 3 N–H and O–H groups in total. The third-order valence-electron chi connectivity index (χ3n) is 2.90. The highest BCUT2D eigenvalue weighted by Gasteiger charge is 2.54. The first-order valence-corrected chi connectivity index (χ1v) is 7.51. The van der Waals surface area contributed by atoms with E-state index >= 15 is 0 Å². The molecule has 0 bridgehead atoms. The van der Waals surface area contributed by atoms with E-state index in [1.54, 1.807) is 0 Å². The molecule has 2 aliphatic heterocycles. The quantitative estimate of drug-likeness (QED) is 0.556. The van der Waals surface area contributed by atoms with Gasteiger partial charge in [0.1, 0.15) is 6.10 Å². The van der Waals surface area contributed by atoms with Gasteiger partial charge in [0.05, 0.1) is 18.4 Å². The molecule has 2 heterocycles. The van der Waals surface area contributed by atoms with Gasteiger partial charge in [0, 0.05) is 0 Å². The molecule has 0 aromatic carbocycles. The maximum Gasteiger partial charge on any atom is 0.239 e. The van der Waals surface area contributed by atoms with E-state index in [1.807, 2.05) is 0 Å². The van der Waals surface area contributed by atoms with Crippen LogP contribution in [0, 0.1) is 0 Å². The second-order valence-corrected chi connectivity index (χ2v) is 5.36. The molecular formula is C10H15Cl3O8. The molecule has 0 aromatic heterocycles. The lowest BCUT2D eigenvalue weighted by molar-refractivity contribution is -0.398. The predicted octanol–water partition coefficient (Wildman–Crippen LogP) is -0.515. The van der Waals surface area contributed by atoms with Crippen LogP contribution in [0.15, 0.2) is 0 Å². The number of aliphatic hydroxyl groups is 3. The maximum atomic E-state index is 9.86. The molecule has 8 nitrogen and oxygen atoms in total. The lowest BCUT2D eigenvalue weighted by Crippen LogP contribution is -2.56. The highest BCUT2D eigenvalue weighted by atomic mass is 35.5. The Morgan fingerprint density at radius 3 is 2.38 bits per heavy atom. The molecule has 3 unspecified atom stereocenters. The third-order valence-corrected chi connectivity index (χ3v) is 3.91. The first-order valence-electron chi connectivity index (χ1n) is 6.00. The van der Waals surface area contributed by atoms with Crippen LogP contribution in [-0.4, -0.2) is 76.3 Å². The fourth-order valence-electron chi connectivity index (χ4n) is 1.83. The summed E-state index contributed by atoms with van der Waals surface area (Å²) in [6.07, 6.45) is -6.38. The first-order chi connectivity index (χ1) is 9.95. The highest BCUT2D eigenvalue weighted by Crippen LogP contribution is 2.35. The van der Waals surface area contributed by atoms with Crippen molar-refractivity contribution in [3.8, 4) is 0 Å². The molecule has 2 rings (SSSR count). The van der Waals surface area contributed by atoms with Crippen LogP contribution in [0.4, 0.5) is 0 Å². The van der Waals surface area contributed by atoms with E-state index in [0.717, 1.165) is 0 Å². The molecule has 0 amide bonds. The van der Waals surface area contributed by atoms with Crippen LogP contribution in [-0.2, 0) is 23.7 Å². The number of rotatable bonds is 5. The van der Waals surface area contributed by atoms with Crippen molar-refractivity contribution < 1.29 is 39.0 Å². The van der Waals surface area contributed by atoms with Crippen LogP contribution < -0.4 is 0 Å². The number of hydrogen-bond donors (Lipinski definition) is 3. The van der Waals surface area contributed by atoms with Gasteiger partial charge in [-0.15, -0.1) is 23.2 Å². The van der Waals surface area contributed by atoms with Gasteiger partial charge in [0.2, 0.25) is 24.7 Å². The van der Waals surface area contributed by atoms with Crippen LogP contribution in [0.2, 0.25) is 0 Å². The summed E-state index contributed by atoms with van der Waals surface area (Å²) >= 11 is 17.1. The number of ether oxygens (including phenoxy) is 5. The molecule has 0 aromatic rings. The van der Waals surface area contributed by atoms with Crippen molar-refractivity contribution in [3.05, 3.63) is 0 Å². The Morgan fingerprint density at radius 1 is 1.14 bits per heavy atom. The van der Waals surface area contributed by atoms with E-state index in [-0.39, 0.29) is 11.8 Å². The smallest absolute Gasteiger partial charge is 0.239 e. The molecule has 0 spiro atoms. The summed E-state index contributed by atoms with van der Waals surface area (Å²) in [7, 11) is 0. The Kier molecular flexibility index (Phi) is 6.32. The summed E-state index contributed by atoms with van der Waals surface area (Å²) in [5, 5.41) is 28.7. The Hall–Kier alpha value is 0.550. The Labute approximate surface area is 135 Å². The SMILES string of the molecule is OCC1O[C@@H](O[C@]2(CCl)O[C@H](CCl)OC2O)C(O)O[C@H]1Cl. The minimum Gasteiger partial charge on any atom is -0.394 e. The van der Waals surface area contributed by atoms with Gasteiger partial charge in [-0.2, -0.15) is 0 Å². The molecule has 0 saturated carbocycles. The topological polar surface area (TPSA) is 107 Å². The second kappa shape index (κ2) is 7.41. The first kappa shape index (κ1) is 17.9. The molecule has 21 heavy (non-hydrogen) atoms. The average molecular weight is 370 g/mol. The van der Waals surface area contributed by atoms with Crippen LogP contribution >= 0.6 is 34.8 Å². The van der Waals surface area contributed by atoms with Crippen molar-refractivity contribution in [2.45, 2.75) is 42.6 Å². The number of aliphatic hydroxyl groups excluding tert-OH is 3. The van der Waals surface area contributed by atoms with Gasteiger partial charge in [-0.3, -0.25) is 0 Å². The van der Waals surface area contributed by atoms with E-state index in [9.17, 15) is 10.2 Å². The standard InChI is InChI=1S/C10H15Cl3O8/c11-1-5-18-9(16)10(3-12,20-5)21-8-7(15)19-6(13)4(2-14)17-8/h4-9,14-16H,1-3H2/t4?,5-,6-,7?,8+,9?,10+/m1/s1. The zero-order valence-corrected chi connectivity index (χ0v) is 12.9. The molecule has 124 valence electrons. The normalized spacial score (nSPS) is 47.7. The van der Waals surface area contributed by atoms with Crippen molar-refractivity contribution in [2.24, 2.45) is 0 Å². The van der Waals surface area contributed by atoms with E-state index in [2.05, 4.69) is 0 Å². The summed E-state index contributed by atoms with van der Waals surface area (Å²) in [6.45, 7) is -0.459. The van der Waals surface area contributed by atoms with Crippen molar-refractivity contribution in [2.75, 3.05) is 18.4 Å². The van der Waals surface area contributed by atoms with Gasteiger partial charge < -0.3 is 39.0 Å². The molecule has 7 atom stereocenters. The van der Waals surface area contributed by atoms with Crippen LogP contribution in [0.3, 0.4) is 0 Å². The Bertz CT molecular complexity index is 350. The van der Waals surface area contributed by atoms with Gasteiger partial charge in [-0.05, 0) is 0 Å². The molecular weight excluding hydrogens is 354 g/mol. The van der Waals surface area contributed by atoms with Crippen molar-refractivity contribution >= 4 is 34.8 Å². The monoisotopic (exact) mass is 368 g/mol. The summed E-state index contributed by atoms with van der Waals surface area (Å²) in [6, 6.07) is 0. The lowest BCUT2D eigenvalue weighted by atomic mass is 10.3. The van der Waals surface area contributed by atoms with Gasteiger partial charge in [-0.25, -0.2) is 0 Å².